The van der Waals surface area contributed by atoms with Crippen molar-refractivity contribution < 1.29 is 24.1 Å². The molecule has 146 valence electrons. The summed E-state index contributed by atoms with van der Waals surface area (Å²) in [6, 6.07) is 17.8. The van der Waals surface area contributed by atoms with E-state index in [-0.39, 0.29) is 18.1 Å². The standard InChI is InChI=1S/C23H24O5/c1-16(17(12-20-14-26-20)13-21-15-27-21)22(24)28-23(25,18-8-4-2-5-9-18)19-10-6-3-7-11-19/h2-11,17,20-21,25H,1,12-15H2. The molecule has 2 fully saturated rings. The van der Waals surface area contributed by atoms with E-state index in [1.165, 1.54) is 0 Å². The third-order valence-corrected chi connectivity index (χ3v) is 5.23. The summed E-state index contributed by atoms with van der Waals surface area (Å²) in [4.78, 5) is 13.0. The van der Waals surface area contributed by atoms with E-state index in [0.29, 0.717) is 42.8 Å². The minimum absolute atomic E-state index is 0.0942. The van der Waals surface area contributed by atoms with E-state index >= 15 is 0 Å². The molecule has 2 aliphatic rings. The number of carbonyl (C=O) groups is 1. The van der Waals surface area contributed by atoms with Crippen LogP contribution in [0.1, 0.15) is 24.0 Å². The van der Waals surface area contributed by atoms with Crippen molar-refractivity contribution in [1.29, 1.82) is 0 Å². The van der Waals surface area contributed by atoms with Crippen LogP contribution in [0.3, 0.4) is 0 Å². The molecular weight excluding hydrogens is 356 g/mol. The van der Waals surface area contributed by atoms with Gasteiger partial charge in [0.05, 0.1) is 25.4 Å². The maximum Gasteiger partial charge on any atom is 0.336 e. The number of esters is 1. The van der Waals surface area contributed by atoms with Crippen molar-refractivity contribution in [3.05, 3.63) is 83.9 Å². The molecule has 0 radical (unpaired) electrons. The van der Waals surface area contributed by atoms with Gasteiger partial charge in [0.1, 0.15) is 0 Å². The second kappa shape index (κ2) is 7.87. The van der Waals surface area contributed by atoms with Gasteiger partial charge in [0.15, 0.2) is 0 Å². The summed E-state index contributed by atoms with van der Waals surface area (Å²) in [6.45, 7) is 5.41. The SMILES string of the molecule is C=C(C(=O)OC(O)(c1ccccc1)c1ccccc1)C(CC1CO1)CC1CO1. The molecule has 0 spiro atoms. The van der Waals surface area contributed by atoms with Crippen molar-refractivity contribution in [2.45, 2.75) is 30.8 Å². The molecule has 4 rings (SSSR count). The summed E-state index contributed by atoms with van der Waals surface area (Å²) in [5.41, 5.74) is 1.31. The Kier molecular flexibility index (Phi) is 5.31. The van der Waals surface area contributed by atoms with Crippen molar-refractivity contribution in [3.8, 4) is 0 Å². The quantitative estimate of drug-likeness (QED) is 0.313. The van der Waals surface area contributed by atoms with Gasteiger partial charge in [-0.15, -0.1) is 0 Å². The molecule has 2 aliphatic heterocycles. The third kappa shape index (κ3) is 4.33. The lowest BCUT2D eigenvalue weighted by atomic mass is 9.90. The number of ether oxygens (including phenoxy) is 3. The Labute approximate surface area is 164 Å². The predicted octanol–water partition coefficient (Wildman–Crippen LogP) is 3.17. The van der Waals surface area contributed by atoms with E-state index in [1.807, 2.05) is 12.1 Å². The van der Waals surface area contributed by atoms with Gasteiger partial charge in [0.25, 0.3) is 5.79 Å². The van der Waals surface area contributed by atoms with Crippen LogP contribution in [0.5, 0.6) is 0 Å². The summed E-state index contributed by atoms with van der Waals surface area (Å²) < 4.78 is 16.3. The highest BCUT2D eigenvalue weighted by Crippen LogP contribution is 2.35. The number of epoxide rings is 2. The topological polar surface area (TPSA) is 71.6 Å². The van der Waals surface area contributed by atoms with E-state index in [9.17, 15) is 9.90 Å². The zero-order valence-corrected chi connectivity index (χ0v) is 15.6. The summed E-state index contributed by atoms with van der Waals surface area (Å²) in [5, 5.41) is 11.4. The van der Waals surface area contributed by atoms with Crippen LogP contribution in [-0.4, -0.2) is 36.5 Å². The van der Waals surface area contributed by atoms with Crippen molar-refractivity contribution in [2.75, 3.05) is 13.2 Å². The molecule has 1 N–H and O–H groups in total. The van der Waals surface area contributed by atoms with Crippen LogP contribution in [0.4, 0.5) is 0 Å². The van der Waals surface area contributed by atoms with Gasteiger partial charge < -0.3 is 19.3 Å². The Balaban J connectivity index is 1.57. The van der Waals surface area contributed by atoms with Gasteiger partial charge in [-0.3, -0.25) is 0 Å². The maximum absolute atomic E-state index is 13.0. The highest BCUT2D eigenvalue weighted by Gasteiger charge is 2.40. The van der Waals surface area contributed by atoms with Gasteiger partial charge in [0.2, 0.25) is 0 Å². The Bertz CT molecular complexity index is 771. The van der Waals surface area contributed by atoms with Gasteiger partial charge in [-0.2, -0.15) is 0 Å². The fourth-order valence-corrected chi connectivity index (χ4v) is 3.40. The van der Waals surface area contributed by atoms with Crippen LogP contribution in [0, 0.1) is 5.92 Å². The Morgan fingerprint density at radius 2 is 1.43 bits per heavy atom. The molecule has 28 heavy (non-hydrogen) atoms. The number of carbonyl (C=O) groups excluding carboxylic acids is 1. The van der Waals surface area contributed by atoms with Crippen LogP contribution in [-0.2, 0) is 24.8 Å². The van der Waals surface area contributed by atoms with Crippen molar-refractivity contribution in [3.63, 3.8) is 0 Å². The number of hydrogen-bond acceptors (Lipinski definition) is 5. The molecule has 5 heteroatoms. The number of hydrogen-bond donors (Lipinski definition) is 1. The number of rotatable bonds is 9. The first kappa shape index (κ1) is 18.9. The maximum atomic E-state index is 13.0. The first-order valence-electron chi connectivity index (χ1n) is 9.55. The highest BCUT2D eigenvalue weighted by molar-refractivity contribution is 5.88. The largest absolute Gasteiger partial charge is 0.421 e. The second-order valence-electron chi connectivity index (χ2n) is 7.37. The molecule has 2 aromatic rings. The van der Waals surface area contributed by atoms with Gasteiger partial charge >= 0.3 is 5.97 Å². The summed E-state index contributed by atoms with van der Waals surface area (Å²) in [7, 11) is 0. The van der Waals surface area contributed by atoms with Crippen LogP contribution in [0.15, 0.2) is 72.8 Å². The fraction of sp³-hybridized carbons (Fsp3) is 0.348. The summed E-state index contributed by atoms with van der Waals surface area (Å²) >= 11 is 0. The first-order chi connectivity index (χ1) is 13.6. The van der Waals surface area contributed by atoms with E-state index < -0.39 is 11.8 Å². The van der Waals surface area contributed by atoms with Crippen molar-refractivity contribution in [2.24, 2.45) is 5.92 Å². The molecule has 5 nitrogen and oxygen atoms in total. The lowest BCUT2D eigenvalue weighted by molar-refractivity contribution is -0.193. The lowest BCUT2D eigenvalue weighted by Gasteiger charge is -2.30. The molecule has 2 atom stereocenters. The van der Waals surface area contributed by atoms with Crippen LogP contribution >= 0.6 is 0 Å². The van der Waals surface area contributed by atoms with E-state index in [4.69, 9.17) is 14.2 Å². The molecule has 2 saturated heterocycles. The molecule has 0 bridgehead atoms. The van der Waals surface area contributed by atoms with Gasteiger partial charge in [-0.05, 0) is 18.8 Å². The van der Waals surface area contributed by atoms with Crippen LogP contribution < -0.4 is 0 Å². The molecule has 0 aliphatic carbocycles. The number of aliphatic hydroxyl groups is 1. The van der Waals surface area contributed by atoms with E-state index in [0.717, 1.165) is 0 Å². The zero-order valence-electron chi connectivity index (χ0n) is 15.6. The van der Waals surface area contributed by atoms with E-state index in [2.05, 4.69) is 6.58 Å². The molecule has 2 aromatic carbocycles. The average Bonchev–Trinajstić information content (AvgIpc) is 3.65. The lowest BCUT2D eigenvalue weighted by Crippen LogP contribution is -2.35. The minimum Gasteiger partial charge on any atom is -0.421 e. The normalized spacial score (nSPS) is 21.6. The van der Waals surface area contributed by atoms with E-state index in [1.54, 1.807) is 48.5 Å². The molecule has 2 unspecified atom stereocenters. The second-order valence-corrected chi connectivity index (χ2v) is 7.37. The van der Waals surface area contributed by atoms with Gasteiger partial charge in [-0.1, -0.05) is 67.2 Å². The zero-order chi connectivity index (χ0) is 19.6. The third-order valence-electron chi connectivity index (χ3n) is 5.23. The Morgan fingerprint density at radius 3 is 1.82 bits per heavy atom. The summed E-state index contributed by atoms with van der Waals surface area (Å²) in [6.07, 6.45) is 1.75. The highest BCUT2D eigenvalue weighted by atomic mass is 16.7. The van der Waals surface area contributed by atoms with Gasteiger partial charge in [-0.25, -0.2) is 4.79 Å². The molecule has 0 saturated carbocycles. The van der Waals surface area contributed by atoms with Gasteiger partial charge in [0, 0.05) is 16.7 Å². The number of benzene rings is 2. The molecule has 0 amide bonds. The molecule has 2 heterocycles. The molecule has 0 aromatic heterocycles. The smallest absolute Gasteiger partial charge is 0.336 e. The first-order valence-corrected chi connectivity index (χ1v) is 9.55. The van der Waals surface area contributed by atoms with Crippen molar-refractivity contribution >= 4 is 5.97 Å². The minimum atomic E-state index is -1.89. The predicted molar refractivity (Wildman–Crippen MR) is 103 cm³/mol. The fourth-order valence-electron chi connectivity index (χ4n) is 3.40. The van der Waals surface area contributed by atoms with Crippen LogP contribution in [0.25, 0.3) is 0 Å². The average molecular weight is 380 g/mol. The Hall–Kier alpha value is -2.47. The van der Waals surface area contributed by atoms with Crippen molar-refractivity contribution in [1.82, 2.24) is 0 Å². The molecular formula is C23H24O5. The monoisotopic (exact) mass is 380 g/mol. The summed E-state index contributed by atoms with van der Waals surface area (Å²) in [5.74, 6) is -2.59. The Morgan fingerprint density at radius 1 is 1.00 bits per heavy atom. The van der Waals surface area contributed by atoms with Crippen LogP contribution in [0.2, 0.25) is 0 Å².